The van der Waals surface area contributed by atoms with Gasteiger partial charge in [0.15, 0.2) is 0 Å². The fourth-order valence-electron chi connectivity index (χ4n) is 1.98. The number of carboxylic acid groups (broad SMARTS) is 1. The van der Waals surface area contributed by atoms with Crippen molar-refractivity contribution in [1.82, 2.24) is 0 Å². The van der Waals surface area contributed by atoms with Crippen molar-refractivity contribution in [2.45, 2.75) is 0 Å². The molecule has 4 nitrogen and oxygen atoms in total. The molecule has 3 aromatic rings. The summed E-state index contributed by atoms with van der Waals surface area (Å²) < 4.78 is 1.06. The molecule has 21 heavy (non-hydrogen) atoms. The molecule has 0 saturated carbocycles. The van der Waals surface area contributed by atoms with E-state index >= 15 is 0 Å². The van der Waals surface area contributed by atoms with Crippen LogP contribution in [0.2, 0.25) is 0 Å². The third-order valence-corrected chi connectivity index (χ3v) is 4.15. The van der Waals surface area contributed by atoms with Crippen LogP contribution in [-0.2, 0) is 0 Å². The van der Waals surface area contributed by atoms with Gasteiger partial charge in [0.25, 0.3) is 5.91 Å². The summed E-state index contributed by atoms with van der Waals surface area (Å²) in [6.07, 6.45) is 0. The van der Waals surface area contributed by atoms with Crippen LogP contribution < -0.4 is 5.32 Å². The average molecular weight is 297 g/mol. The van der Waals surface area contributed by atoms with Gasteiger partial charge in [0.1, 0.15) is 0 Å². The van der Waals surface area contributed by atoms with E-state index < -0.39 is 5.97 Å². The lowest BCUT2D eigenvalue weighted by Gasteiger charge is -2.03. The summed E-state index contributed by atoms with van der Waals surface area (Å²) in [4.78, 5) is 23.6. The maximum atomic E-state index is 12.2. The Morgan fingerprint density at radius 3 is 2.38 bits per heavy atom. The largest absolute Gasteiger partial charge is 0.478 e. The van der Waals surface area contributed by atoms with Crippen molar-refractivity contribution in [3.63, 3.8) is 0 Å². The lowest BCUT2D eigenvalue weighted by Crippen LogP contribution is -2.10. The molecular weight excluding hydrogens is 286 g/mol. The van der Waals surface area contributed by atoms with E-state index in [0.29, 0.717) is 10.6 Å². The summed E-state index contributed by atoms with van der Waals surface area (Å²) in [6, 6.07) is 15.7. The topological polar surface area (TPSA) is 66.4 Å². The molecule has 0 radical (unpaired) electrons. The Hall–Kier alpha value is -2.66. The quantitative estimate of drug-likeness (QED) is 0.771. The van der Waals surface area contributed by atoms with E-state index in [1.807, 2.05) is 30.3 Å². The van der Waals surface area contributed by atoms with E-state index in [1.165, 1.54) is 23.5 Å². The fourth-order valence-corrected chi connectivity index (χ4v) is 2.94. The number of carboxylic acids is 1. The zero-order valence-corrected chi connectivity index (χ0v) is 11.7. The molecule has 0 bridgehead atoms. The number of fused-ring (bicyclic) bond motifs is 1. The van der Waals surface area contributed by atoms with Gasteiger partial charge < -0.3 is 10.4 Å². The van der Waals surface area contributed by atoms with Crippen LogP contribution in [0.3, 0.4) is 0 Å². The lowest BCUT2D eigenvalue weighted by molar-refractivity contribution is 0.0696. The molecule has 2 N–H and O–H groups in total. The zero-order chi connectivity index (χ0) is 14.8. The van der Waals surface area contributed by atoms with E-state index in [9.17, 15) is 9.59 Å². The zero-order valence-electron chi connectivity index (χ0n) is 10.9. The van der Waals surface area contributed by atoms with Gasteiger partial charge in [-0.1, -0.05) is 18.2 Å². The van der Waals surface area contributed by atoms with Crippen molar-refractivity contribution in [1.29, 1.82) is 0 Å². The van der Waals surface area contributed by atoms with Crippen molar-refractivity contribution in [3.05, 3.63) is 65.0 Å². The molecule has 0 spiro atoms. The second-order valence-electron chi connectivity index (χ2n) is 4.49. The van der Waals surface area contributed by atoms with E-state index in [4.69, 9.17) is 5.11 Å². The highest BCUT2D eigenvalue weighted by Crippen LogP contribution is 2.26. The molecule has 0 unspecified atom stereocenters. The molecule has 0 aliphatic carbocycles. The first-order valence-electron chi connectivity index (χ1n) is 6.27. The summed E-state index contributed by atoms with van der Waals surface area (Å²) >= 11 is 1.43. The molecule has 1 aromatic heterocycles. The monoisotopic (exact) mass is 297 g/mol. The number of amides is 1. The number of hydrogen-bond donors (Lipinski definition) is 2. The Morgan fingerprint density at radius 2 is 1.71 bits per heavy atom. The van der Waals surface area contributed by atoms with Gasteiger partial charge in [0.05, 0.1) is 10.4 Å². The highest BCUT2D eigenvalue weighted by molar-refractivity contribution is 7.20. The van der Waals surface area contributed by atoms with E-state index in [-0.39, 0.29) is 11.5 Å². The first kappa shape index (κ1) is 13.3. The highest BCUT2D eigenvalue weighted by atomic mass is 32.1. The number of anilines is 1. The van der Waals surface area contributed by atoms with E-state index in [2.05, 4.69) is 5.32 Å². The maximum Gasteiger partial charge on any atom is 0.335 e. The van der Waals surface area contributed by atoms with E-state index in [0.717, 1.165) is 10.1 Å². The van der Waals surface area contributed by atoms with Gasteiger partial charge in [0.2, 0.25) is 0 Å². The normalized spacial score (nSPS) is 10.5. The average Bonchev–Trinajstić information content (AvgIpc) is 2.92. The van der Waals surface area contributed by atoms with Gasteiger partial charge in [-0.25, -0.2) is 4.79 Å². The Bertz CT molecular complexity index is 788. The third kappa shape index (κ3) is 2.78. The molecule has 3 rings (SSSR count). The molecule has 5 heteroatoms. The molecule has 104 valence electrons. The van der Waals surface area contributed by atoms with E-state index in [1.54, 1.807) is 12.1 Å². The molecule has 2 aromatic carbocycles. The molecule has 1 amide bonds. The minimum absolute atomic E-state index is 0.190. The van der Waals surface area contributed by atoms with Crippen LogP contribution in [0.1, 0.15) is 20.0 Å². The number of aromatic carboxylic acids is 1. The van der Waals surface area contributed by atoms with Crippen molar-refractivity contribution in [3.8, 4) is 0 Å². The second kappa shape index (κ2) is 5.38. The number of benzene rings is 2. The minimum atomic E-state index is -0.989. The first-order chi connectivity index (χ1) is 10.1. The van der Waals surface area contributed by atoms with Crippen molar-refractivity contribution < 1.29 is 14.7 Å². The van der Waals surface area contributed by atoms with Crippen molar-refractivity contribution in [2.24, 2.45) is 0 Å². The molecule has 1 heterocycles. The van der Waals surface area contributed by atoms with Gasteiger partial charge >= 0.3 is 5.97 Å². The summed E-state index contributed by atoms with van der Waals surface area (Å²) in [6.45, 7) is 0. The molecule has 0 atom stereocenters. The van der Waals surface area contributed by atoms with Gasteiger partial charge in [0, 0.05) is 10.4 Å². The van der Waals surface area contributed by atoms with Crippen LogP contribution >= 0.6 is 11.3 Å². The SMILES string of the molecule is O=C(O)c1ccc(NC(=O)c2cc3ccccc3s2)cc1. The number of carbonyl (C=O) groups is 2. The Morgan fingerprint density at radius 1 is 1.00 bits per heavy atom. The summed E-state index contributed by atoms with van der Waals surface area (Å²) in [5.41, 5.74) is 0.761. The van der Waals surface area contributed by atoms with Crippen LogP contribution in [0.25, 0.3) is 10.1 Å². The van der Waals surface area contributed by atoms with Crippen LogP contribution in [0.15, 0.2) is 54.6 Å². The van der Waals surface area contributed by atoms with Gasteiger partial charge in [-0.3, -0.25) is 4.79 Å². The van der Waals surface area contributed by atoms with Crippen molar-refractivity contribution >= 4 is 39.0 Å². The Labute approximate surface area is 124 Å². The summed E-state index contributed by atoms with van der Waals surface area (Å²) in [7, 11) is 0. The van der Waals surface area contributed by atoms with Crippen LogP contribution in [0, 0.1) is 0 Å². The number of hydrogen-bond acceptors (Lipinski definition) is 3. The first-order valence-corrected chi connectivity index (χ1v) is 7.08. The molecule has 0 fully saturated rings. The highest BCUT2D eigenvalue weighted by Gasteiger charge is 2.10. The standard InChI is InChI=1S/C16H11NO3S/c18-15(14-9-11-3-1-2-4-13(11)21-14)17-12-7-5-10(6-8-12)16(19)20/h1-9H,(H,17,18)(H,19,20). The molecular formula is C16H11NO3S. The second-order valence-corrected chi connectivity index (χ2v) is 5.57. The van der Waals surface area contributed by atoms with Crippen molar-refractivity contribution in [2.75, 3.05) is 5.32 Å². The predicted octanol–water partition coefficient (Wildman–Crippen LogP) is 3.85. The number of rotatable bonds is 3. The van der Waals surface area contributed by atoms with Crippen LogP contribution in [-0.4, -0.2) is 17.0 Å². The minimum Gasteiger partial charge on any atom is -0.478 e. The third-order valence-electron chi connectivity index (χ3n) is 3.04. The summed E-state index contributed by atoms with van der Waals surface area (Å²) in [5.74, 6) is -1.18. The Balaban J connectivity index is 1.80. The molecule has 0 saturated heterocycles. The van der Waals surface area contributed by atoms with Crippen LogP contribution in [0.5, 0.6) is 0 Å². The maximum absolute atomic E-state index is 12.2. The van der Waals surface area contributed by atoms with Gasteiger partial charge in [-0.2, -0.15) is 0 Å². The van der Waals surface area contributed by atoms with Crippen LogP contribution in [0.4, 0.5) is 5.69 Å². The number of nitrogens with one attached hydrogen (secondary N) is 1. The number of carbonyl (C=O) groups excluding carboxylic acids is 1. The number of thiophene rings is 1. The van der Waals surface area contributed by atoms with Gasteiger partial charge in [-0.15, -0.1) is 11.3 Å². The van der Waals surface area contributed by atoms with Gasteiger partial charge in [-0.05, 0) is 41.8 Å². The molecule has 0 aliphatic rings. The fraction of sp³-hybridized carbons (Fsp3) is 0. The predicted molar refractivity (Wildman–Crippen MR) is 83.2 cm³/mol. The summed E-state index contributed by atoms with van der Waals surface area (Å²) in [5, 5.41) is 12.6. The molecule has 0 aliphatic heterocycles. The lowest BCUT2D eigenvalue weighted by atomic mass is 10.2. The smallest absolute Gasteiger partial charge is 0.335 e. The Kier molecular flexibility index (Phi) is 3.41.